The Bertz CT molecular complexity index is 127. The quantitative estimate of drug-likeness (QED) is 0.549. The number of hydrogen-bond acceptors (Lipinski definition) is 5. The molecule has 0 radical (unpaired) electrons. The summed E-state index contributed by atoms with van der Waals surface area (Å²) in [6.45, 7) is 4.39. The van der Waals surface area contributed by atoms with Gasteiger partial charge in [0.2, 0.25) is 0 Å². The summed E-state index contributed by atoms with van der Waals surface area (Å²) in [6, 6.07) is 0. The second kappa shape index (κ2) is 11.3. The molecule has 5 heteroatoms. The van der Waals surface area contributed by atoms with E-state index < -0.39 is 0 Å². The van der Waals surface area contributed by atoms with E-state index in [9.17, 15) is 0 Å². The lowest BCUT2D eigenvalue weighted by atomic mass is 10.4. The topological polar surface area (TPSA) is 67.2 Å². The van der Waals surface area contributed by atoms with Gasteiger partial charge in [-0.05, 0) is 33.0 Å². The van der Waals surface area contributed by atoms with Crippen molar-refractivity contribution in [3.8, 4) is 0 Å². The summed E-state index contributed by atoms with van der Waals surface area (Å²) >= 11 is 0. The first-order chi connectivity index (χ1) is 7.74. The molecule has 0 amide bonds. The number of hydrogen-bond donors (Lipinski definition) is 3. The number of rotatable bonds is 6. The molecule has 1 aliphatic rings. The molecule has 0 aromatic heterocycles. The Morgan fingerprint density at radius 2 is 1.25 bits per heavy atom. The smallest absolute Gasteiger partial charge is 0.0558 e. The molecule has 16 heavy (non-hydrogen) atoms. The van der Waals surface area contributed by atoms with Crippen LogP contribution in [0.4, 0.5) is 0 Å². The zero-order chi connectivity index (χ0) is 12.2. The Balaban J connectivity index is 0.000000315. The van der Waals surface area contributed by atoms with Crippen molar-refractivity contribution < 1.29 is 15.3 Å². The summed E-state index contributed by atoms with van der Waals surface area (Å²) in [6.07, 6.45) is 2.83. The maximum atomic E-state index is 8.48. The molecule has 98 valence electrons. The first-order valence-electron chi connectivity index (χ1n) is 5.98. The van der Waals surface area contributed by atoms with E-state index in [0.29, 0.717) is 19.6 Å². The summed E-state index contributed by atoms with van der Waals surface area (Å²) in [4.78, 5) is 4.15. The molecule has 1 heterocycles. The molecule has 1 fully saturated rings. The Labute approximate surface area is 98.3 Å². The van der Waals surface area contributed by atoms with E-state index in [1.54, 1.807) is 4.90 Å². The zero-order valence-corrected chi connectivity index (χ0v) is 10.3. The van der Waals surface area contributed by atoms with E-state index >= 15 is 0 Å². The first kappa shape index (κ1) is 15.8. The van der Waals surface area contributed by atoms with Crippen LogP contribution in [0.5, 0.6) is 0 Å². The summed E-state index contributed by atoms with van der Waals surface area (Å²) in [5.41, 5.74) is 0. The summed E-state index contributed by atoms with van der Waals surface area (Å²) < 4.78 is 0. The van der Waals surface area contributed by atoms with Gasteiger partial charge in [-0.2, -0.15) is 0 Å². The first-order valence-corrected chi connectivity index (χ1v) is 5.98. The highest BCUT2D eigenvalue weighted by Gasteiger charge is 2.03. The maximum absolute atomic E-state index is 8.48. The van der Waals surface area contributed by atoms with E-state index in [4.69, 9.17) is 15.3 Å². The molecule has 0 saturated carbocycles. The average molecular weight is 234 g/mol. The number of aliphatic hydroxyl groups is 3. The van der Waals surface area contributed by atoms with Crippen molar-refractivity contribution in [1.29, 1.82) is 0 Å². The van der Waals surface area contributed by atoms with Gasteiger partial charge in [0.05, 0.1) is 19.8 Å². The summed E-state index contributed by atoms with van der Waals surface area (Å²) in [7, 11) is 2.17. The monoisotopic (exact) mass is 234 g/mol. The van der Waals surface area contributed by atoms with Gasteiger partial charge in [0.25, 0.3) is 0 Å². The van der Waals surface area contributed by atoms with Crippen LogP contribution in [-0.2, 0) is 0 Å². The molecule has 0 aliphatic carbocycles. The SMILES string of the molecule is CN1CCCC1.OCCN(CCO)CCO. The molecular weight excluding hydrogens is 208 g/mol. The van der Waals surface area contributed by atoms with Crippen molar-refractivity contribution in [3.63, 3.8) is 0 Å². The minimum Gasteiger partial charge on any atom is -0.395 e. The molecule has 0 aromatic rings. The van der Waals surface area contributed by atoms with Crippen LogP contribution in [0.25, 0.3) is 0 Å². The third-order valence-electron chi connectivity index (χ3n) is 2.58. The van der Waals surface area contributed by atoms with Gasteiger partial charge in [0.1, 0.15) is 0 Å². The number of likely N-dealkylation sites (tertiary alicyclic amines) is 1. The molecule has 0 aromatic carbocycles. The van der Waals surface area contributed by atoms with E-state index in [-0.39, 0.29) is 19.8 Å². The number of nitrogens with zero attached hydrogens (tertiary/aromatic N) is 2. The van der Waals surface area contributed by atoms with Crippen LogP contribution in [0.3, 0.4) is 0 Å². The minimum atomic E-state index is 0.0694. The van der Waals surface area contributed by atoms with Gasteiger partial charge in [-0.15, -0.1) is 0 Å². The third kappa shape index (κ3) is 9.06. The highest BCUT2D eigenvalue weighted by Crippen LogP contribution is 2.02. The van der Waals surface area contributed by atoms with Gasteiger partial charge in [-0.25, -0.2) is 0 Å². The molecule has 0 bridgehead atoms. The fourth-order valence-electron chi connectivity index (χ4n) is 1.63. The van der Waals surface area contributed by atoms with E-state index in [1.165, 1.54) is 25.9 Å². The Morgan fingerprint density at radius 1 is 0.875 bits per heavy atom. The Hall–Kier alpha value is -0.200. The minimum absolute atomic E-state index is 0.0694. The number of aliphatic hydroxyl groups excluding tert-OH is 3. The van der Waals surface area contributed by atoms with Crippen LogP contribution < -0.4 is 0 Å². The average Bonchev–Trinajstić information content (AvgIpc) is 2.71. The molecule has 1 aliphatic heterocycles. The molecule has 1 rings (SSSR count). The molecule has 3 N–H and O–H groups in total. The van der Waals surface area contributed by atoms with Crippen LogP contribution in [0.1, 0.15) is 12.8 Å². The predicted octanol–water partition coefficient (Wildman–Crippen LogP) is -1.02. The highest BCUT2D eigenvalue weighted by molar-refractivity contribution is 4.59. The standard InChI is InChI=1S/C6H15NO3.C5H11N/c8-4-1-7(2-5-9)3-6-10;1-6-4-2-3-5-6/h8-10H,1-6H2;2-5H2,1H3. The van der Waals surface area contributed by atoms with Gasteiger partial charge in [-0.3, -0.25) is 4.90 Å². The van der Waals surface area contributed by atoms with Crippen molar-refractivity contribution >= 4 is 0 Å². The second-order valence-corrected chi connectivity index (χ2v) is 4.02. The molecule has 0 spiro atoms. The highest BCUT2D eigenvalue weighted by atomic mass is 16.3. The maximum Gasteiger partial charge on any atom is 0.0558 e. The van der Waals surface area contributed by atoms with Gasteiger partial charge in [-0.1, -0.05) is 0 Å². The van der Waals surface area contributed by atoms with Crippen molar-refractivity contribution in [2.24, 2.45) is 0 Å². The van der Waals surface area contributed by atoms with Crippen LogP contribution in [-0.4, -0.2) is 84.7 Å². The Kier molecular flexibility index (Phi) is 11.1. The lowest BCUT2D eigenvalue weighted by molar-refractivity contribution is 0.136. The van der Waals surface area contributed by atoms with Crippen LogP contribution in [0.2, 0.25) is 0 Å². The lowest BCUT2D eigenvalue weighted by Gasteiger charge is -2.17. The predicted molar refractivity (Wildman–Crippen MR) is 64.4 cm³/mol. The van der Waals surface area contributed by atoms with Gasteiger partial charge >= 0.3 is 0 Å². The molecule has 0 unspecified atom stereocenters. The van der Waals surface area contributed by atoms with E-state index in [0.717, 1.165) is 0 Å². The normalized spacial score (nSPS) is 16.3. The molecule has 1 saturated heterocycles. The van der Waals surface area contributed by atoms with Gasteiger partial charge < -0.3 is 20.2 Å². The van der Waals surface area contributed by atoms with Gasteiger partial charge in [0.15, 0.2) is 0 Å². The zero-order valence-electron chi connectivity index (χ0n) is 10.3. The van der Waals surface area contributed by atoms with Crippen LogP contribution in [0.15, 0.2) is 0 Å². The molecule has 0 atom stereocenters. The largest absolute Gasteiger partial charge is 0.395 e. The molecular formula is C11H26N2O3. The second-order valence-electron chi connectivity index (χ2n) is 4.02. The van der Waals surface area contributed by atoms with E-state index in [1.807, 2.05) is 0 Å². The third-order valence-corrected chi connectivity index (χ3v) is 2.58. The molecule has 5 nitrogen and oxygen atoms in total. The summed E-state index contributed by atoms with van der Waals surface area (Å²) in [5.74, 6) is 0. The lowest BCUT2D eigenvalue weighted by Crippen LogP contribution is -2.32. The fourth-order valence-corrected chi connectivity index (χ4v) is 1.63. The van der Waals surface area contributed by atoms with Crippen molar-refractivity contribution in [2.75, 3.05) is 59.6 Å². The van der Waals surface area contributed by atoms with E-state index in [2.05, 4.69) is 11.9 Å². The summed E-state index contributed by atoms with van der Waals surface area (Å²) in [5, 5.41) is 25.5. The van der Waals surface area contributed by atoms with Crippen molar-refractivity contribution in [2.45, 2.75) is 12.8 Å². The van der Waals surface area contributed by atoms with Crippen LogP contribution in [0, 0.1) is 0 Å². The van der Waals surface area contributed by atoms with Crippen molar-refractivity contribution in [1.82, 2.24) is 9.80 Å². The van der Waals surface area contributed by atoms with Crippen molar-refractivity contribution in [3.05, 3.63) is 0 Å². The fraction of sp³-hybridized carbons (Fsp3) is 1.00. The van der Waals surface area contributed by atoms with Gasteiger partial charge in [0, 0.05) is 19.6 Å². The van der Waals surface area contributed by atoms with Crippen LogP contribution >= 0.6 is 0 Å². The Morgan fingerprint density at radius 3 is 1.44 bits per heavy atom.